The molecule has 4 unspecified atom stereocenters. The van der Waals surface area contributed by atoms with Crippen molar-refractivity contribution in [3.05, 3.63) is 125 Å². The Kier molecular flexibility index (Phi) is 17.9. The molecule has 3 aromatic rings. The molecule has 0 amide bonds. The molecule has 33 heteroatoms. The van der Waals surface area contributed by atoms with E-state index in [1.54, 1.807) is 31.2 Å². The molecule has 3 N–H and O–H groups in total. The molecule has 3 aliphatic heterocycles. The van der Waals surface area contributed by atoms with Crippen LogP contribution in [0.1, 0.15) is 76.8 Å². The van der Waals surface area contributed by atoms with Gasteiger partial charge in [0.2, 0.25) is 11.4 Å². The summed E-state index contributed by atoms with van der Waals surface area (Å²) < 4.78 is 103. The molecule has 0 radical (unpaired) electrons. The molecule has 2 aromatic heterocycles. The first-order chi connectivity index (χ1) is 33.9. The molecule has 1 saturated heterocycles. The first-order valence-electron chi connectivity index (χ1n) is 20.9. The summed E-state index contributed by atoms with van der Waals surface area (Å²) in [5, 5.41) is 6.75. The molecule has 1 aromatic carbocycles. The van der Waals surface area contributed by atoms with E-state index in [9.17, 15) is 38.0 Å². The molecule has 0 saturated carbocycles. The molecule has 386 valence electrons. The highest BCUT2D eigenvalue weighted by atomic mass is 32.3. The smallest absolute Gasteiger partial charge is 0.387 e. The molecule has 0 spiro atoms. The van der Waals surface area contributed by atoms with Crippen LogP contribution in [0.25, 0.3) is 27.0 Å². The van der Waals surface area contributed by atoms with Crippen molar-refractivity contribution in [2.75, 3.05) is 32.3 Å². The minimum absolute atomic E-state index is 0.0263. The Bertz CT molecular complexity index is 3120. The maximum absolute atomic E-state index is 15.8. The van der Waals surface area contributed by atoms with E-state index in [-0.39, 0.29) is 42.1 Å². The van der Waals surface area contributed by atoms with E-state index in [1.165, 1.54) is 18.2 Å². The summed E-state index contributed by atoms with van der Waals surface area (Å²) in [5.74, 6) is 4.30. The van der Waals surface area contributed by atoms with Crippen LogP contribution in [0.5, 0.6) is 5.75 Å². The number of esters is 1. The second kappa shape index (κ2) is 23.3. The average Bonchev–Trinajstić information content (AvgIpc) is 3.98. The third-order valence-electron chi connectivity index (χ3n) is 10.5. The van der Waals surface area contributed by atoms with Crippen LogP contribution >= 0.6 is 34.6 Å². The number of carbonyl (C=O) groups excluding carboxylic acids is 1. The monoisotopic (exact) mass is 1080 g/mol. The Labute approximate surface area is 409 Å². The number of hydrogen-bond acceptors (Lipinski definition) is 19. The Balaban J connectivity index is 1.02. The Morgan fingerprint density at radius 1 is 1.12 bits per heavy atom. The van der Waals surface area contributed by atoms with Gasteiger partial charge in [-0.25, -0.2) is 22.2 Å². The molecule has 0 bridgehead atoms. The predicted octanol–water partition coefficient (Wildman–Crippen LogP) is 5.48. The number of phosphoric acid groups is 3. The van der Waals surface area contributed by atoms with Crippen LogP contribution in [0.4, 0.5) is 13.6 Å². The number of nitrogen functional groups attached to an aromatic ring is 1. The minimum Gasteiger partial charge on any atom is -0.756 e. The zero-order chi connectivity index (χ0) is 52.6. The number of allylic oxidation sites excluding steroid dienone is 3. The number of anilines is 1. The SMILES string of the molecule is C=C(CCCOc1ccc(C(=O)OCC#Cc2cn([C@H]3CC(OCN=[N+]=[N-])[C@@H](COP(=O)([O-])OP(=O)([O-])OP(=O)([O-])O)O3)c(=O)nc2N)c(CN=[N+]=[N-])c1)CCC1=[N+]2C(=Cc3c(C)cc(C)n3S2(F)F)C=C1. The Morgan fingerprint density at radius 3 is 2.60 bits per heavy atom. The van der Waals surface area contributed by atoms with Gasteiger partial charge in [0.05, 0.1) is 42.7 Å². The standard InChI is InChI=1S/C39H44F2N11O16P3S/c1-24(8-9-29-10-11-30-18-33-25(2)16-26(3)51(33)72(40,41)52(29)30)6-4-14-62-31-12-13-32(28(17-31)20-45-48-43)38(53)63-15-5-7-27-21-50(39(54)47-37(27)42)36-19-34(64-23-46-49-44)35(66-36)22-65-70(58,59)68-71(60,61)67-69(55,56)57/h10-13,16-18,21,34-36H,1,4,6,8-9,14-15,19-20,22-23H2,2-3H3,(H5-,42,47,54,55,56,57,58,59,60,61)/p-2/t34?,35-,36-/m1/s1. The summed E-state index contributed by atoms with van der Waals surface area (Å²) >= 11 is -4.34. The zero-order valence-corrected chi connectivity index (χ0v) is 41.3. The minimum atomic E-state index is -6.22. The number of carbonyl (C=O) groups is 1. The van der Waals surface area contributed by atoms with Gasteiger partial charge in [0.25, 0.3) is 23.5 Å². The van der Waals surface area contributed by atoms with E-state index in [4.69, 9.17) is 40.6 Å². The third-order valence-corrected chi connectivity index (χ3v) is 16.0. The highest BCUT2D eigenvalue weighted by Crippen LogP contribution is 2.62. The molecule has 1 fully saturated rings. The quantitative estimate of drug-likeness (QED) is 0.0137. The Morgan fingerprint density at radius 2 is 1.88 bits per heavy atom. The van der Waals surface area contributed by atoms with Crippen molar-refractivity contribution in [2.24, 2.45) is 10.2 Å². The van der Waals surface area contributed by atoms with Crippen LogP contribution in [0.3, 0.4) is 0 Å². The predicted molar refractivity (Wildman–Crippen MR) is 245 cm³/mol. The number of aryl methyl sites for hydroxylation is 2. The molecular weight excluding hydrogens is 1040 g/mol. The van der Waals surface area contributed by atoms with Crippen LogP contribution in [-0.2, 0) is 47.6 Å². The maximum atomic E-state index is 15.8. The summed E-state index contributed by atoms with van der Waals surface area (Å²) in [7, 11) is -18.2. The number of azide groups is 2. The fourth-order valence-electron chi connectivity index (χ4n) is 7.46. The van der Waals surface area contributed by atoms with E-state index in [0.717, 1.165) is 29.9 Å². The zero-order valence-electron chi connectivity index (χ0n) is 37.8. The van der Waals surface area contributed by atoms with Gasteiger partial charge in [-0.05, 0) is 79.6 Å². The van der Waals surface area contributed by atoms with Gasteiger partial charge >= 0.3 is 22.8 Å². The van der Waals surface area contributed by atoms with Crippen LogP contribution < -0.4 is 30.8 Å². The molecule has 5 heterocycles. The number of fused-ring (bicyclic) bond motifs is 2. The molecule has 6 atom stereocenters. The number of benzene rings is 1. The highest BCUT2D eigenvalue weighted by molar-refractivity contribution is 8.18. The topological polar surface area (TPSA) is 389 Å². The lowest BCUT2D eigenvalue weighted by atomic mass is 10.0. The molecule has 0 aliphatic carbocycles. The lowest BCUT2D eigenvalue weighted by molar-refractivity contribution is -0.302. The van der Waals surface area contributed by atoms with Gasteiger partial charge in [0.15, 0.2) is 6.61 Å². The molecule has 72 heavy (non-hydrogen) atoms. The van der Waals surface area contributed by atoms with Crippen LogP contribution in [0, 0.1) is 25.7 Å². The van der Waals surface area contributed by atoms with Gasteiger partial charge in [-0.15, -0.1) is 0 Å². The number of nitrogens with zero attached hydrogens (tertiary/aromatic N) is 10. The summed E-state index contributed by atoms with van der Waals surface area (Å²) in [4.78, 5) is 78.1. The molecule has 27 nitrogen and oxygen atoms in total. The van der Waals surface area contributed by atoms with Crippen molar-refractivity contribution in [3.63, 3.8) is 0 Å². The summed E-state index contributed by atoms with van der Waals surface area (Å²) in [6, 6.07) is 6.18. The fraction of sp³-hybridized carbons (Fsp3) is 0.385. The summed E-state index contributed by atoms with van der Waals surface area (Å²) in [6.45, 7) is 5.38. The van der Waals surface area contributed by atoms with Crippen molar-refractivity contribution < 1.29 is 81.9 Å². The number of aromatic nitrogens is 3. The number of halogens is 2. The first-order valence-corrected chi connectivity index (χ1v) is 26.6. The van der Waals surface area contributed by atoms with Crippen molar-refractivity contribution in [2.45, 2.75) is 70.9 Å². The van der Waals surface area contributed by atoms with E-state index in [1.807, 2.05) is 6.92 Å². The largest absolute Gasteiger partial charge is 0.756 e. The van der Waals surface area contributed by atoms with E-state index in [2.05, 4.69) is 56.6 Å². The number of ether oxygens (including phenoxy) is 4. The van der Waals surface area contributed by atoms with Gasteiger partial charge < -0.3 is 48.8 Å². The first kappa shape index (κ1) is 55.4. The number of phosphoric ester groups is 1. The van der Waals surface area contributed by atoms with Crippen molar-refractivity contribution >= 4 is 58.2 Å². The fourth-order valence-corrected chi connectivity index (χ4v) is 12.2. The van der Waals surface area contributed by atoms with E-state index in [0.29, 0.717) is 54.2 Å². The third kappa shape index (κ3) is 14.2. The lowest BCUT2D eigenvalue weighted by Crippen LogP contribution is -2.30. The van der Waals surface area contributed by atoms with Gasteiger partial charge in [0.1, 0.15) is 30.6 Å². The van der Waals surface area contributed by atoms with E-state index >= 15 is 7.77 Å². The normalized spacial score (nSPS) is 20.4. The van der Waals surface area contributed by atoms with Crippen LogP contribution in [0.15, 0.2) is 75.5 Å². The second-order valence-electron chi connectivity index (χ2n) is 15.5. The number of hydrogen-bond donors (Lipinski definition) is 2. The molecule has 3 aliphatic rings. The second-order valence-corrected chi connectivity index (χ2v) is 21.4. The van der Waals surface area contributed by atoms with Crippen LogP contribution in [-0.4, -0.2) is 72.8 Å². The van der Waals surface area contributed by atoms with E-state index < -0.39 is 84.7 Å². The van der Waals surface area contributed by atoms with Crippen LogP contribution in [0.2, 0.25) is 0 Å². The van der Waals surface area contributed by atoms with Gasteiger partial charge in [0, 0.05) is 52.8 Å². The maximum Gasteiger partial charge on any atom is 0.387 e. The molecule has 6 rings (SSSR count). The Hall–Kier alpha value is -5.94. The summed E-state index contributed by atoms with van der Waals surface area (Å²) in [6.07, 6.45) is 3.96. The highest BCUT2D eigenvalue weighted by Gasteiger charge is 2.50. The van der Waals surface area contributed by atoms with Crippen molar-refractivity contribution in [1.82, 2.24) is 13.5 Å². The van der Waals surface area contributed by atoms with Gasteiger partial charge in [-0.1, -0.05) is 46.0 Å². The van der Waals surface area contributed by atoms with Gasteiger partial charge in [-0.3, -0.25) is 18.3 Å². The van der Waals surface area contributed by atoms with Gasteiger partial charge in [-0.2, -0.15) is 4.98 Å². The molecular formula is C39H42F2N11O16P3S-2. The average molecular weight is 1080 g/mol. The van der Waals surface area contributed by atoms with Crippen molar-refractivity contribution in [1.29, 1.82) is 0 Å². The number of nitrogens with two attached hydrogens (primary N) is 1. The lowest BCUT2D eigenvalue weighted by Gasteiger charge is -2.33. The number of rotatable bonds is 23. The summed E-state index contributed by atoms with van der Waals surface area (Å²) in [5.41, 5.74) is 26.4. The van der Waals surface area contributed by atoms with Crippen molar-refractivity contribution in [3.8, 4) is 17.6 Å².